The molecule has 4 aromatic rings. The van der Waals surface area contributed by atoms with Crippen LogP contribution < -0.4 is 5.32 Å². The lowest BCUT2D eigenvalue weighted by Crippen LogP contribution is -2.29. The molecule has 1 fully saturated rings. The molecule has 0 aliphatic heterocycles. The fraction of sp³-hybridized carbons (Fsp3) is 0.310. The van der Waals surface area contributed by atoms with Crippen molar-refractivity contribution < 1.29 is 14.3 Å². The van der Waals surface area contributed by atoms with Gasteiger partial charge in [-0.15, -0.1) is 10.2 Å². The number of nitrogens with zero attached hydrogens (tertiary/aromatic N) is 5. The monoisotopic (exact) mass is 510 g/mol. The smallest absolute Gasteiger partial charge is 0.329 e. The zero-order chi connectivity index (χ0) is 26.9. The minimum atomic E-state index is -0.628. The van der Waals surface area contributed by atoms with Crippen molar-refractivity contribution in [3.63, 3.8) is 0 Å². The Morgan fingerprint density at radius 3 is 2.55 bits per heavy atom. The molecule has 5 rings (SSSR count). The number of rotatable bonds is 7. The summed E-state index contributed by atoms with van der Waals surface area (Å²) < 4.78 is 7.17. The molecule has 0 spiro atoms. The van der Waals surface area contributed by atoms with E-state index in [1.54, 1.807) is 42.0 Å². The summed E-state index contributed by atoms with van der Waals surface area (Å²) >= 11 is 0. The van der Waals surface area contributed by atoms with Crippen LogP contribution in [0.3, 0.4) is 0 Å². The van der Waals surface area contributed by atoms with Crippen LogP contribution in [0, 0.1) is 0 Å². The molecule has 1 aliphatic rings. The van der Waals surface area contributed by atoms with E-state index in [0.29, 0.717) is 28.7 Å². The van der Waals surface area contributed by atoms with Crippen LogP contribution in [0.5, 0.6) is 0 Å². The first-order chi connectivity index (χ1) is 18.2. The van der Waals surface area contributed by atoms with Crippen LogP contribution in [-0.4, -0.2) is 42.2 Å². The zero-order valence-corrected chi connectivity index (χ0v) is 21.9. The molecule has 1 amide bonds. The summed E-state index contributed by atoms with van der Waals surface area (Å²) in [5, 5.41) is 11.1. The number of ether oxygens (including phenoxy) is 1. The van der Waals surface area contributed by atoms with Gasteiger partial charge in [-0.1, -0.05) is 18.2 Å². The Labute approximate surface area is 221 Å². The van der Waals surface area contributed by atoms with Crippen molar-refractivity contribution >= 4 is 17.6 Å². The lowest BCUT2D eigenvalue weighted by molar-refractivity contribution is -0.158. The van der Waals surface area contributed by atoms with Gasteiger partial charge in [-0.05, 0) is 76.4 Å². The van der Waals surface area contributed by atoms with E-state index in [4.69, 9.17) is 4.74 Å². The molecule has 0 saturated heterocycles. The molecule has 0 bridgehead atoms. The third-order valence-electron chi connectivity index (χ3n) is 6.22. The van der Waals surface area contributed by atoms with Gasteiger partial charge in [-0.25, -0.2) is 4.79 Å². The fourth-order valence-electron chi connectivity index (χ4n) is 4.10. The molecule has 38 heavy (non-hydrogen) atoms. The maximum absolute atomic E-state index is 13.1. The third kappa shape index (κ3) is 5.77. The van der Waals surface area contributed by atoms with Crippen molar-refractivity contribution in [2.24, 2.45) is 0 Å². The molecule has 1 saturated carbocycles. The summed E-state index contributed by atoms with van der Waals surface area (Å²) in [7, 11) is 0. The number of hydrogen-bond acceptors (Lipinski definition) is 7. The molecule has 194 valence electrons. The van der Waals surface area contributed by atoms with Crippen molar-refractivity contribution in [1.82, 2.24) is 24.7 Å². The Kier molecular flexibility index (Phi) is 6.75. The lowest BCUT2D eigenvalue weighted by Gasteiger charge is -2.23. The highest BCUT2D eigenvalue weighted by Gasteiger charge is 2.26. The van der Waals surface area contributed by atoms with E-state index in [1.807, 2.05) is 45.2 Å². The van der Waals surface area contributed by atoms with E-state index in [-0.39, 0.29) is 11.9 Å². The Bertz CT molecular complexity index is 1470. The SMILES string of the molecule is C[C@@H](C(=O)OC(C)(C)C)n1cnnc1-c1cccc(NC(=O)c2cc(-c3ccc(C4CC4)nc3)ccn2)c1. The number of amides is 1. The number of carbonyl (C=O) groups is 2. The highest BCUT2D eigenvalue weighted by Crippen LogP contribution is 2.39. The van der Waals surface area contributed by atoms with Gasteiger partial charge in [-0.3, -0.25) is 19.3 Å². The average Bonchev–Trinajstić information content (AvgIpc) is 3.63. The first kappa shape index (κ1) is 25.3. The number of anilines is 1. The number of nitrogens with one attached hydrogen (secondary N) is 1. The number of carbonyl (C=O) groups excluding carboxylic acids is 2. The maximum atomic E-state index is 13.1. The van der Waals surface area contributed by atoms with Gasteiger partial charge < -0.3 is 10.1 Å². The molecule has 3 heterocycles. The van der Waals surface area contributed by atoms with E-state index in [2.05, 4.69) is 31.5 Å². The van der Waals surface area contributed by atoms with E-state index in [1.165, 1.54) is 19.2 Å². The summed E-state index contributed by atoms with van der Waals surface area (Å²) in [6.45, 7) is 7.20. The maximum Gasteiger partial charge on any atom is 0.329 e. The highest BCUT2D eigenvalue weighted by atomic mass is 16.6. The number of benzene rings is 1. The Hall–Kier alpha value is -4.40. The first-order valence-corrected chi connectivity index (χ1v) is 12.6. The minimum absolute atomic E-state index is 0.292. The number of hydrogen-bond donors (Lipinski definition) is 1. The van der Waals surface area contributed by atoms with Crippen LogP contribution in [0.1, 0.15) is 68.7 Å². The second-order valence-corrected chi connectivity index (χ2v) is 10.5. The predicted molar refractivity (Wildman–Crippen MR) is 143 cm³/mol. The molecule has 3 aromatic heterocycles. The van der Waals surface area contributed by atoms with Crippen LogP contribution >= 0.6 is 0 Å². The molecule has 0 radical (unpaired) electrons. The Balaban J connectivity index is 1.32. The first-order valence-electron chi connectivity index (χ1n) is 12.6. The molecule has 9 heteroatoms. The minimum Gasteiger partial charge on any atom is -0.458 e. The van der Waals surface area contributed by atoms with Gasteiger partial charge in [0.15, 0.2) is 5.82 Å². The molecular weight excluding hydrogens is 480 g/mol. The van der Waals surface area contributed by atoms with Crippen molar-refractivity contribution in [3.05, 3.63) is 78.6 Å². The standard InChI is InChI=1S/C29H30N6O3/c1-18(28(37)38-29(2,3)4)35-17-32-34-26(35)21-6-5-7-23(14-21)33-27(36)25-15-20(12-13-30-25)22-10-11-24(31-16-22)19-8-9-19/h5-7,10-19H,8-9H2,1-4H3,(H,33,36)/t18-/m0/s1. The second-order valence-electron chi connectivity index (χ2n) is 10.5. The fourth-order valence-corrected chi connectivity index (χ4v) is 4.10. The van der Waals surface area contributed by atoms with Gasteiger partial charge in [0.25, 0.3) is 5.91 Å². The van der Waals surface area contributed by atoms with Crippen molar-refractivity contribution in [2.45, 2.75) is 58.1 Å². The predicted octanol–water partition coefficient (Wildman–Crippen LogP) is 5.43. The molecule has 1 N–H and O–H groups in total. The summed E-state index contributed by atoms with van der Waals surface area (Å²) in [6.07, 6.45) is 7.37. The molecule has 1 aromatic carbocycles. The van der Waals surface area contributed by atoms with Gasteiger partial charge in [0, 0.05) is 40.8 Å². The number of pyridine rings is 2. The quantitative estimate of drug-likeness (QED) is 0.330. The van der Waals surface area contributed by atoms with Gasteiger partial charge >= 0.3 is 5.97 Å². The lowest BCUT2D eigenvalue weighted by atomic mass is 10.1. The average molecular weight is 511 g/mol. The van der Waals surface area contributed by atoms with Crippen LogP contribution in [-0.2, 0) is 9.53 Å². The molecule has 1 aliphatic carbocycles. The normalized spacial score (nSPS) is 14.1. The van der Waals surface area contributed by atoms with Crippen LogP contribution in [0.25, 0.3) is 22.5 Å². The largest absolute Gasteiger partial charge is 0.458 e. The van der Waals surface area contributed by atoms with Crippen molar-refractivity contribution in [3.8, 4) is 22.5 Å². The third-order valence-corrected chi connectivity index (χ3v) is 6.22. The Morgan fingerprint density at radius 1 is 1.03 bits per heavy atom. The van der Waals surface area contributed by atoms with Gasteiger partial charge in [0.2, 0.25) is 0 Å². The summed E-state index contributed by atoms with van der Waals surface area (Å²) in [4.78, 5) is 34.5. The molecule has 9 nitrogen and oxygen atoms in total. The molecule has 1 atom stereocenters. The van der Waals surface area contributed by atoms with Crippen molar-refractivity contribution in [2.75, 3.05) is 5.32 Å². The summed E-state index contributed by atoms with van der Waals surface area (Å²) in [6, 6.07) is 14.3. The van der Waals surface area contributed by atoms with E-state index < -0.39 is 11.6 Å². The van der Waals surface area contributed by atoms with E-state index in [9.17, 15) is 9.59 Å². The second kappa shape index (κ2) is 10.2. The highest BCUT2D eigenvalue weighted by molar-refractivity contribution is 6.03. The van der Waals surface area contributed by atoms with Gasteiger partial charge in [0.1, 0.15) is 23.7 Å². The zero-order valence-electron chi connectivity index (χ0n) is 21.9. The Morgan fingerprint density at radius 2 is 1.84 bits per heavy atom. The van der Waals surface area contributed by atoms with Gasteiger partial charge in [-0.2, -0.15) is 0 Å². The van der Waals surface area contributed by atoms with Crippen LogP contribution in [0.2, 0.25) is 0 Å². The summed E-state index contributed by atoms with van der Waals surface area (Å²) in [5.41, 5.74) is 3.88. The number of aromatic nitrogens is 5. The van der Waals surface area contributed by atoms with E-state index >= 15 is 0 Å². The van der Waals surface area contributed by atoms with E-state index in [0.717, 1.165) is 16.8 Å². The topological polar surface area (TPSA) is 112 Å². The summed E-state index contributed by atoms with van der Waals surface area (Å²) in [5.74, 6) is 0.358. The molecular formula is C29H30N6O3. The van der Waals surface area contributed by atoms with Gasteiger partial charge in [0.05, 0.1) is 0 Å². The molecule has 0 unspecified atom stereocenters. The van der Waals surface area contributed by atoms with Crippen molar-refractivity contribution in [1.29, 1.82) is 0 Å². The van der Waals surface area contributed by atoms with Crippen LogP contribution in [0.4, 0.5) is 5.69 Å². The van der Waals surface area contributed by atoms with Crippen LogP contribution in [0.15, 0.2) is 67.3 Å². The number of esters is 1.